The minimum atomic E-state index is -0.962. The molecule has 1 fully saturated rings. The molecule has 1 aliphatic rings. The summed E-state index contributed by atoms with van der Waals surface area (Å²) in [5.74, 6) is -2.07. The number of aryl methyl sites for hydroxylation is 1. The SMILES string of the molecule is CCOc1cccc(/C(O)=C2\C(=O)C(=O)N(c3nc(C)c(C(=O)OC)s3)C2c2ccc(C(C)(C)C)cc2)c1. The number of aromatic nitrogens is 1. The molecule has 4 rings (SSSR count). The lowest BCUT2D eigenvalue weighted by atomic mass is 9.85. The summed E-state index contributed by atoms with van der Waals surface area (Å²) >= 11 is 0.963. The molecule has 1 aromatic heterocycles. The van der Waals surface area contributed by atoms with Gasteiger partial charge in [-0.3, -0.25) is 14.5 Å². The molecule has 0 radical (unpaired) electrons. The minimum absolute atomic E-state index is 0.0698. The molecular weight excluding hydrogens is 504 g/mol. The first-order valence-corrected chi connectivity index (χ1v) is 13.0. The smallest absolute Gasteiger partial charge is 0.350 e. The molecule has 1 saturated heterocycles. The molecule has 1 N–H and O–H groups in total. The summed E-state index contributed by atoms with van der Waals surface area (Å²) in [6, 6.07) is 13.3. The molecule has 9 heteroatoms. The molecule has 1 amide bonds. The zero-order valence-electron chi connectivity index (χ0n) is 22.2. The topological polar surface area (TPSA) is 106 Å². The van der Waals surface area contributed by atoms with Crippen molar-refractivity contribution in [3.05, 3.63) is 81.4 Å². The predicted octanol–water partition coefficient (Wildman–Crippen LogP) is 5.56. The second kappa shape index (κ2) is 10.4. The number of esters is 1. The highest BCUT2D eigenvalue weighted by atomic mass is 32.1. The fourth-order valence-electron chi connectivity index (χ4n) is 4.33. The van der Waals surface area contributed by atoms with Crippen molar-refractivity contribution in [2.75, 3.05) is 18.6 Å². The van der Waals surface area contributed by atoms with Crippen LogP contribution in [0.1, 0.15) is 65.8 Å². The standard InChI is InChI=1S/C29H30N2O6S/c1-7-37-20-10-8-9-18(15-20)23(32)21-22(17-11-13-19(14-12-17)29(3,4)5)31(26(34)24(21)33)28-30-16(2)25(38-28)27(35)36-6/h8-15,22,32H,7H2,1-6H3/b23-21+. The van der Waals surface area contributed by atoms with Crippen LogP contribution in [0.25, 0.3) is 5.76 Å². The van der Waals surface area contributed by atoms with Gasteiger partial charge in [0.15, 0.2) is 5.13 Å². The number of carbonyl (C=O) groups is 3. The summed E-state index contributed by atoms with van der Waals surface area (Å²) < 4.78 is 10.4. The van der Waals surface area contributed by atoms with Gasteiger partial charge < -0.3 is 14.6 Å². The Labute approximate surface area is 225 Å². The Morgan fingerprint density at radius 3 is 2.42 bits per heavy atom. The number of Topliss-reactive ketones (excluding diaryl/α,β-unsaturated/α-hetero) is 1. The largest absolute Gasteiger partial charge is 0.507 e. The number of ketones is 1. The van der Waals surface area contributed by atoms with Crippen LogP contribution in [-0.4, -0.2) is 41.5 Å². The molecule has 1 aliphatic heterocycles. The molecule has 2 heterocycles. The lowest BCUT2D eigenvalue weighted by molar-refractivity contribution is -0.132. The predicted molar refractivity (Wildman–Crippen MR) is 146 cm³/mol. The number of benzene rings is 2. The van der Waals surface area contributed by atoms with Crippen LogP contribution >= 0.6 is 11.3 Å². The maximum absolute atomic E-state index is 13.5. The van der Waals surface area contributed by atoms with Crippen molar-refractivity contribution in [1.29, 1.82) is 0 Å². The summed E-state index contributed by atoms with van der Waals surface area (Å²) in [5, 5.41) is 11.6. The van der Waals surface area contributed by atoms with E-state index in [0.717, 1.165) is 16.9 Å². The Hall–Kier alpha value is -3.98. The van der Waals surface area contributed by atoms with Gasteiger partial charge in [-0.2, -0.15) is 0 Å². The number of nitrogens with zero attached hydrogens (tertiary/aromatic N) is 2. The van der Waals surface area contributed by atoms with Crippen LogP contribution < -0.4 is 9.64 Å². The lowest BCUT2D eigenvalue weighted by Crippen LogP contribution is -2.29. The van der Waals surface area contributed by atoms with Gasteiger partial charge in [-0.1, -0.05) is 68.5 Å². The summed E-state index contributed by atoms with van der Waals surface area (Å²) in [6.45, 7) is 10.2. The molecule has 1 unspecified atom stereocenters. The van der Waals surface area contributed by atoms with E-state index < -0.39 is 23.7 Å². The first kappa shape index (κ1) is 27.1. The van der Waals surface area contributed by atoms with Gasteiger partial charge >= 0.3 is 11.9 Å². The van der Waals surface area contributed by atoms with Crippen molar-refractivity contribution in [3.63, 3.8) is 0 Å². The average Bonchev–Trinajstić information content (AvgIpc) is 3.39. The van der Waals surface area contributed by atoms with E-state index in [-0.39, 0.29) is 26.8 Å². The molecule has 3 aromatic rings. The minimum Gasteiger partial charge on any atom is -0.507 e. The van der Waals surface area contributed by atoms with Gasteiger partial charge in [0.05, 0.1) is 31.0 Å². The van der Waals surface area contributed by atoms with Gasteiger partial charge in [0.1, 0.15) is 16.4 Å². The van der Waals surface area contributed by atoms with Crippen LogP contribution in [0.5, 0.6) is 5.75 Å². The van der Waals surface area contributed by atoms with E-state index in [9.17, 15) is 19.5 Å². The van der Waals surface area contributed by atoms with Gasteiger partial charge in [0.25, 0.3) is 5.78 Å². The molecule has 0 saturated carbocycles. The molecule has 2 aromatic carbocycles. The number of ether oxygens (including phenoxy) is 2. The average molecular weight is 535 g/mol. The van der Waals surface area contributed by atoms with Gasteiger partial charge in [-0.25, -0.2) is 9.78 Å². The Kier molecular flexibility index (Phi) is 7.42. The quantitative estimate of drug-likeness (QED) is 0.191. The number of anilines is 1. The zero-order valence-corrected chi connectivity index (χ0v) is 23.0. The van der Waals surface area contributed by atoms with Crippen LogP contribution in [-0.2, 0) is 19.7 Å². The number of aliphatic hydroxyl groups excluding tert-OH is 1. The molecule has 198 valence electrons. The van der Waals surface area contributed by atoms with E-state index in [2.05, 4.69) is 25.8 Å². The first-order chi connectivity index (χ1) is 18.0. The van der Waals surface area contributed by atoms with Gasteiger partial charge in [-0.15, -0.1) is 0 Å². The van der Waals surface area contributed by atoms with Crippen molar-refractivity contribution in [2.45, 2.75) is 46.1 Å². The van der Waals surface area contributed by atoms with E-state index in [1.54, 1.807) is 31.2 Å². The highest BCUT2D eigenvalue weighted by Gasteiger charge is 2.48. The van der Waals surface area contributed by atoms with Gasteiger partial charge in [-0.05, 0) is 42.5 Å². The second-order valence-electron chi connectivity index (χ2n) is 9.90. The third-order valence-corrected chi connectivity index (χ3v) is 7.45. The zero-order chi connectivity index (χ0) is 27.8. The van der Waals surface area contributed by atoms with E-state index in [1.165, 1.54) is 12.0 Å². The van der Waals surface area contributed by atoms with Crippen LogP contribution in [0, 0.1) is 6.92 Å². The van der Waals surface area contributed by atoms with Gasteiger partial charge in [0.2, 0.25) is 0 Å². The number of hydrogen-bond acceptors (Lipinski definition) is 8. The van der Waals surface area contributed by atoms with Gasteiger partial charge in [0, 0.05) is 5.56 Å². The molecule has 8 nitrogen and oxygen atoms in total. The third kappa shape index (κ3) is 4.93. The van der Waals surface area contributed by atoms with E-state index in [4.69, 9.17) is 9.47 Å². The Bertz CT molecular complexity index is 1430. The molecule has 0 spiro atoms. The highest BCUT2D eigenvalue weighted by Crippen LogP contribution is 2.44. The highest BCUT2D eigenvalue weighted by molar-refractivity contribution is 7.17. The third-order valence-electron chi connectivity index (χ3n) is 6.32. The van der Waals surface area contributed by atoms with Crippen LogP contribution in [0.15, 0.2) is 54.1 Å². The number of thiazole rings is 1. The van der Waals surface area contributed by atoms with E-state index in [0.29, 0.717) is 29.2 Å². The first-order valence-electron chi connectivity index (χ1n) is 12.2. The second-order valence-corrected chi connectivity index (χ2v) is 10.9. The van der Waals surface area contributed by atoms with Crippen molar-refractivity contribution in [3.8, 4) is 5.75 Å². The Morgan fingerprint density at radius 2 is 1.82 bits per heavy atom. The van der Waals surface area contributed by atoms with Crippen LogP contribution in [0.2, 0.25) is 0 Å². The van der Waals surface area contributed by atoms with Crippen molar-refractivity contribution >= 4 is 39.9 Å². The number of aliphatic hydroxyl groups is 1. The van der Waals surface area contributed by atoms with Crippen LogP contribution in [0.4, 0.5) is 5.13 Å². The van der Waals surface area contributed by atoms with Crippen molar-refractivity contribution < 1.29 is 29.0 Å². The van der Waals surface area contributed by atoms with Crippen molar-refractivity contribution in [2.24, 2.45) is 0 Å². The number of amides is 1. The normalized spacial score (nSPS) is 17.1. The fraction of sp³-hybridized carbons (Fsp3) is 0.310. The summed E-state index contributed by atoms with van der Waals surface area (Å²) in [7, 11) is 1.26. The number of rotatable bonds is 6. The lowest BCUT2D eigenvalue weighted by Gasteiger charge is -2.25. The van der Waals surface area contributed by atoms with E-state index in [1.807, 2.05) is 31.2 Å². The number of methoxy groups -OCH3 is 1. The maximum Gasteiger partial charge on any atom is 0.350 e. The fourth-order valence-corrected chi connectivity index (χ4v) is 5.35. The van der Waals surface area contributed by atoms with E-state index >= 15 is 0 Å². The number of carbonyl (C=O) groups excluding carboxylic acids is 3. The molecule has 0 aliphatic carbocycles. The molecule has 1 atom stereocenters. The summed E-state index contributed by atoms with van der Waals surface area (Å²) in [4.78, 5) is 45.1. The monoisotopic (exact) mass is 534 g/mol. The van der Waals surface area contributed by atoms with Crippen LogP contribution in [0.3, 0.4) is 0 Å². The summed E-state index contributed by atoms with van der Waals surface area (Å²) in [6.07, 6.45) is 0. The molecular formula is C29H30N2O6S. The molecule has 38 heavy (non-hydrogen) atoms. The maximum atomic E-state index is 13.5. The number of hydrogen-bond donors (Lipinski definition) is 1. The summed E-state index contributed by atoms with van der Waals surface area (Å²) in [5.41, 5.74) is 2.23. The molecule has 0 bridgehead atoms. The Balaban J connectivity index is 1.92. The van der Waals surface area contributed by atoms with Crippen molar-refractivity contribution in [1.82, 2.24) is 4.98 Å². The Morgan fingerprint density at radius 1 is 1.13 bits per heavy atom.